The zero-order valence-electron chi connectivity index (χ0n) is 10.2. The molecule has 1 unspecified atom stereocenters. The van der Waals surface area contributed by atoms with E-state index in [1.165, 1.54) is 5.32 Å². The van der Waals surface area contributed by atoms with Crippen molar-refractivity contribution in [1.29, 1.82) is 0 Å². The van der Waals surface area contributed by atoms with Crippen LogP contribution in [0.2, 0.25) is 5.02 Å². The quantitative estimate of drug-likeness (QED) is 0.811. The topological polar surface area (TPSA) is 49.3 Å². The van der Waals surface area contributed by atoms with E-state index in [9.17, 15) is 31.1 Å². The van der Waals surface area contributed by atoms with E-state index in [4.69, 9.17) is 16.7 Å². The summed E-state index contributed by atoms with van der Waals surface area (Å²) in [6.45, 7) is 0.130. The Morgan fingerprint density at radius 2 is 1.71 bits per heavy atom. The highest BCUT2D eigenvalue weighted by Gasteiger charge is 2.56. The molecule has 0 heterocycles. The highest BCUT2D eigenvalue weighted by Crippen LogP contribution is 2.37. The summed E-state index contributed by atoms with van der Waals surface area (Å²) in [6.07, 6.45) is -10.3. The summed E-state index contributed by atoms with van der Waals surface area (Å²) in [5.74, 6) is -2.04. The fraction of sp³-hybridized carbons (Fsp3) is 0.364. The number of carbonyl (C=O) groups is 1. The lowest BCUT2D eigenvalue weighted by Gasteiger charge is -2.25. The second-order valence-electron chi connectivity index (χ2n) is 4.21. The van der Waals surface area contributed by atoms with Crippen molar-refractivity contribution in [3.8, 4) is 0 Å². The van der Waals surface area contributed by atoms with Gasteiger partial charge in [-0.05, 0) is 25.1 Å². The van der Waals surface area contributed by atoms with Gasteiger partial charge in [0.2, 0.25) is 5.60 Å². The summed E-state index contributed by atoms with van der Waals surface area (Å²) in [4.78, 5) is 11.4. The van der Waals surface area contributed by atoms with Gasteiger partial charge in [-0.1, -0.05) is 11.6 Å². The van der Waals surface area contributed by atoms with Gasteiger partial charge in [-0.15, -0.1) is 0 Å². The van der Waals surface area contributed by atoms with Gasteiger partial charge < -0.3 is 10.4 Å². The van der Waals surface area contributed by atoms with Gasteiger partial charge in [0.1, 0.15) is 0 Å². The van der Waals surface area contributed by atoms with Crippen molar-refractivity contribution >= 4 is 23.2 Å². The van der Waals surface area contributed by atoms with Crippen molar-refractivity contribution in [2.45, 2.75) is 24.9 Å². The number of amides is 1. The van der Waals surface area contributed by atoms with Gasteiger partial charge >= 0.3 is 12.4 Å². The van der Waals surface area contributed by atoms with E-state index in [-0.39, 0.29) is 11.9 Å². The molecule has 0 fully saturated rings. The average molecular weight is 336 g/mol. The minimum absolute atomic E-state index is 0.130. The molecule has 1 aromatic rings. The Morgan fingerprint density at radius 1 is 1.19 bits per heavy atom. The Balaban J connectivity index is 3.18. The molecule has 0 radical (unpaired) electrons. The summed E-state index contributed by atoms with van der Waals surface area (Å²) in [5, 5.41) is 10.2. The van der Waals surface area contributed by atoms with Gasteiger partial charge in [0.15, 0.2) is 0 Å². The van der Waals surface area contributed by atoms with Crippen LogP contribution in [0.15, 0.2) is 18.2 Å². The van der Waals surface area contributed by atoms with E-state index >= 15 is 0 Å². The van der Waals surface area contributed by atoms with Crippen molar-refractivity contribution < 1.29 is 36.2 Å². The molecule has 0 aromatic heterocycles. The Labute approximate surface area is 119 Å². The first kappa shape index (κ1) is 17.6. The molecule has 0 aliphatic heterocycles. The lowest BCUT2D eigenvalue weighted by Crippen LogP contribution is -2.52. The first-order chi connectivity index (χ1) is 9.26. The summed E-state index contributed by atoms with van der Waals surface area (Å²) in [7, 11) is 0. The van der Waals surface area contributed by atoms with Crippen LogP contribution in [0.5, 0.6) is 0 Å². The van der Waals surface area contributed by atoms with E-state index in [1.807, 2.05) is 0 Å². The number of hydrogen-bond acceptors (Lipinski definition) is 2. The maximum atomic E-state index is 12.7. The first-order valence-electron chi connectivity index (χ1n) is 5.24. The van der Waals surface area contributed by atoms with E-state index in [0.717, 1.165) is 6.07 Å². The largest absolute Gasteiger partial charge is 0.426 e. The molecule has 0 saturated heterocycles. The minimum atomic E-state index is -5.35. The molecule has 21 heavy (non-hydrogen) atoms. The second kappa shape index (κ2) is 5.38. The zero-order chi connectivity index (χ0) is 16.6. The predicted octanol–water partition coefficient (Wildman–Crippen LogP) is 3.61. The van der Waals surface area contributed by atoms with Crippen LogP contribution in [0.1, 0.15) is 12.5 Å². The fourth-order valence-corrected chi connectivity index (χ4v) is 1.40. The van der Waals surface area contributed by atoms with Crippen molar-refractivity contribution in [2.75, 3.05) is 5.32 Å². The van der Waals surface area contributed by atoms with Crippen LogP contribution in [0, 0.1) is 0 Å². The maximum Gasteiger partial charge on any atom is 0.426 e. The summed E-state index contributed by atoms with van der Waals surface area (Å²) < 4.78 is 75.4. The molecule has 0 saturated carbocycles. The highest BCUT2D eigenvalue weighted by atomic mass is 35.5. The number of rotatable bonds is 2. The SMILES string of the molecule is CC(O)(C(=O)Nc1ccc(Cl)cc1C(F)(F)F)C(F)(F)F. The first-order valence-corrected chi connectivity index (χ1v) is 5.62. The number of aliphatic hydroxyl groups is 1. The number of halogens is 7. The Hall–Kier alpha value is -1.48. The number of nitrogens with one attached hydrogen (secondary N) is 1. The van der Waals surface area contributed by atoms with Crippen molar-refractivity contribution in [2.24, 2.45) is 0 Å². The molecular weight excluding hydrogens is 328 g/mol. The number of alkyl halides is 6. The third-order valence-corrected chi connectivity index (χ3v) is 2.76. The average Bonchev–Trinajstić information content (AvgIpc) is 2.28. The smallest absolute Gasteiger partial charge is 0.373 e. The molecule has 0 aliphatic carbocycles. The van der Waals surface area contributed by atoms with Gasteiger partial charge in [-0.2, -0.15) is 26.3 Å². The second-order valence-corrected chi connectivity index (χ2v) is 4.65. The number of anilines is 1. The molecule has 10 heteroatoms. The highest BCUT2D eigenvalue weighted by molar-refractivity contribution is 6.30. The Morgan fingerprint density at radius 3 is 2.14 bits per heavy atom. The van der Waals surface area contributed by atoms with Crippen LogP contribution in [0.3, 0.4) is 0 Å². The summed E-state index contributed by atoms with van der Waals surface area (Å²) in [5.41, 5.74) is -6.21. The zero-order valence-corrected chi connectivity index (χ0v) is 11.0. The third kappa shape index (κ3) is 3.79. The monoisotopic (exact) mass is 335 g/mol. The third-order valence-electron chi connectivity index (χ3n) is 2.53. The number of benzene rings is 1. The van der Waals surface area contributed by atoms with Gasteiger partial charge in [0, 0.05) is 5.02 Å². The van der Waals surface area contributed by atoms with Gasteiger partial charge in [-0.3, -0.25) is 4.79 Å². The maximum absolute atomic E-state index is 12.7. The summed E-state index contributed by atoms with van der Waals surface area (Å²) in [6, 6.07) is 2.09. The van der Waals surface area contributed by atoms with Crippen LogP contribution in [0.4, 0.5) is 32.0 Å². The van der Waals surface area contributed by atoms with Crippen LogP contribution in [-0.2, 0) is 11.0 Å². The van der Waals surface area contributed by atoms with E-state index in [2.05, 4.69) is 0 Å². The standard InChI is InChI=1S/C11H8ClF6NO2/c1-9(21,11(16,17)18)8(20)19-7-3-2-5(12)4-6(7)10(13,14)15/h2-4,21H,1H3,(H,19,20). The van der Waals surface area contributed by atoms with Gasteiger partial charge in [0.25, 0.3) is 5.91 Å². The van der Waals surface area contributed by atoms with Crippen molar-refractivity contribution in [3.05, 3.63) is 28.8 Å². The lowest BCUT2D eigenvalue weighted by atomic mass is 10.0. The molecule has 3 nitrogen and oxygen atoms in total. The Kier molecular flexibility index (Phi) is 4.50. The molecule has 0 aliphatic rings. The van der Waals surface area contributed by atoms with Crippen molar-refractivity contribution in [1.82, 2.24) is 0 Å². The summed E-state index contributed by atoms with van der Waals surface area (Å²) >= 11 is 5.38. The van der Waals surface area contributed by atoms with Gasteiger partial charge in [0.05, 0.1) is 11.3 Å². The number of hydrogen-bond donors (Lipinski definition) is 2. The Bertz CT molecular complexity index is 553. The molecule has 1 atom stereocenters. The number of carbonyl (C=O) groups excluding carboxylic acids is 1. The molecule has 1 aromatic carbocycles. The predicted molar refractivity (Wildman–Crippen MR) is 61.8 cm³/mol. The molecule has 2 N–H and O–H groups in total. The fourth-order valence-electron chi connectivity index (χ4n) is 1.23. The molecule has 1 rings (SSSR count). The lowest BCUT2D eigenvalue weighted by molar-refractivity contribution is -0.242. The molecule has 1 amide bonds. The van der Waals surface area contributed by atoms with Crippen LogP contribution < -0.4 is 5.32 Å². The molecular formula is C11H8ClF6NO2. The molecule has 0 bridgehead atoms. The normalized spacial score (nSPS) is 15.5. The van der Waals surface area contributed by atoms with Crippen LogP contribution in [-0.4, -0.2) is 22.8 Å². The van der Waals surface area contributed by atoms with E-state index in [0.29, 0.717) is 12.1 Å². The van der Waals surface area contributed by atoms with Crippen molar-refractivity contribution in [3.63, 3.8) is 0 Å². The minimum Gasteiger partial charge on any atom is -0.373 e. The van der Waals surface area contributed by atoms with Gasteiger partial charge in [-0.25, -0.2) is 0 Å². The van der Waals surface area contributed by atoms with Crippen LogP contribution in [0.25, 0.3) is 0 Å². The molecule has 118 valence electrons. The van der Waals surface area contributed by atoms with E-state index < -0.39 is 35.1 Å². The van der Waals surface area contributed by atoms with E-state index in [1.54, 1.807) is 0 Å². The van der Waals surface area contributed by atoms with Crippen LogP contribution >= 0.6 is 11.6 Å². The molecule has 0 spiro atoms.